The van der Waals surface area contributed by atoms with Gasteiger partial charge in [0.2, 0.25) is 11.8 Å². The highest BCUT2D eigenvalue weighted by molar-refractivity contribution is 5.92. The number of hydrogen-bond donors (Lipinski definition) is 1. The molecule has 1 aliphatic heterocycles. The molecule has 1 fully saturated rings. The van der Waals surface area contributed by atoms with Gasteiger partial charge in [0.05, 0.1) is 13.7 Å². The van der Waals surface area contributed by atoms with Crippen molar-refractivity contribution in [3.63, 3.8) is 0 Å². The van der Waals surface area contributed by atoms with Crippen molar-refractivity contribution in [2.75, 3.05) is 45.2 Å². The minimum absolute atomic E-state index is 0.0437. The van der Waals surface area contributed by atoms with Gasteiger partial charge in [-0.25, -0.2) is 0 Å². The van der Waals surface area contributed by atoms with Gasteiger partial charge in [0.25, 0.3) is 0 Å². The molecule has 0 unspecified atom stereocenters. The fraction of sp³-hybridized carbons (Fsp3) is 0.391. The molecule has 29 heavy (non-hydrogen) atoms. The molecule has 6 nitrogen and oxygen atoms in total. The maximum atomic E-state index is 12.4. The zero-order valence-electron chi connectivity index (χ0n) is 17.0. The van der Waals surface area contributed by atoms with Gasteiger partial charge in [-0.05, 0) is 42.7 Å². The summed E-state index contributed by atoms with van der Waals surface area (Å²) in [4.78, 5) is 28.7. The lowest BCUT2D eigenvalue weighted by atomic mass is 10.1. The first-order valence-electron chi connectivity index (χ1n) is 10.1. The van der Waals surface area contributed by atoms with Gasteiger partial charge < -0.3 is 15.0 Å². The van der Waals surface area contributed by atoms with Crippen molar-refractivity contribution in [3.8, 4) is 5.75 Å². The molecule has 1 N–H and O–H groups in total. The number of nitrogens with zero attached hydrogens (tertiary/aromatic N) is 2. The maximum Gasteiger partial charge on any atom is 0.238 e. The summed E-state index contributed by atoms with van der Waals surface area (Å²) in [6.07, 6.45) is 2.37. The van der Waals surface area contributed by atoms with E-state index in [2.05, 4.69) is 22.3 Å². The molecule has 154 valence electrons. The van der Waals surface area contributed by atoms with Crippen molar-refractivity contribution in [3.05, 3.63) is 60.2 Å². The van der Waals surface area contributed by atoms with E-state index in [1.54, 1.807) is 7.11 Å². The van der Waals surface area contributed by atoms with Gasteiger partial charge in [-0.1, -0.05) is 30.3 Å². The molecule has 6 heteroatoms. The van der Waals surface area contributed by atoms with Crippen LogP contribution in [0.4, 0.5) is 5.69 Å². The summed E-state index contributed by atoms with van der Waals surface area (Å²) in [5, 5.41) is 2.90. The van der Waals surface area contributed by atoms with Crippen molar-refractivity contribution >= 4 is 17.5 Å². The molecule has 0 radical (unpaired) electrons. The Hall–Kier alpha value is -2.86. The summed E-state index contributed by atoms with van der Waals surface area (Å²) < 4.78 is 5.12. The summed E-state index contributed by atoms with van der Waals surface area (Å²) in [5.41, 5.74) is 2.02. The molecule has 0 saturated carbocycles. The van der Waals surface area contributed by atoms with Gasteiger partial charge in [-0.3, -0.25) is 14.5 Å². The third-order valence-electron chi connectivity index (χ3n) is 5.16. The van der Waals surface area contributed by atoms with Crippen LogP contribution in [0.15, 0.2) is 54.6 Å². The van der Waals surface area contributed by atoms with Crippen LogP contribution in [-0.4, -0.2) is 61.4 Å². The second kappa shape index (κ2) is 10.6. The molecule has 0 aliphatic carbocycles. The van der Waals surface area contributed by atoms with Crippen molar-refractivity contribution in [2.24, 2.45) is 0 Å². The molecule has 1 heterocycles. The highest BCUT2D eigenvalue weighted by Crippen LogP contribution is 2.15. The quantitative estimate of drug-likeness (QED) is 0.747. The van der Waals surface area contributed by atoms with E-state index in [0.717, 1.165) is 37.4 Å². The van der Waals surface area contributed by atoms with Crippen LogP contribution < -0.4 is 10.1 Å². The van der Waals surface area contributed by atoms with E-state index < -0.39 is 0 Å². The highest BCUT2D eigenvalue weighted by atomic mass is 16.5. The zero-order valence-corrected chi connectivity index (χ0v) is 17.0. The van der Waals surface area contributed by atoms with Crippen LogP contribution in [0.3, 0.4) is 0 Å². The van der Waals surface area contributed by atoms with Crippen LogP contribution in [0.25, 0.3) is 0 Å². The Morgan fingerprint density at radius 1 is 0.966 bits per heavy atom. The van der Waals surface area contributed by atoms with E-state index in [-0.39, 0.29) is 11.8 Å². The van der Waals surface area contributed by atoms with Crippen LogP contribution >= 0.6 is 0 Å². The number of piperazine rings is 1. The largest absolute Gasteiger partial charge is 0.497 e. The molecule has 0 spiro atoms. The van der Waals surface area contributed by atoms with E-state index in [1.165, 1.54) is 5.56 Å². The fourth-order valence-corrected chi connectivity index (χ4v) is 3.48. The molecule has 2 aromatic carbocycles. The number of hydrogen-bond acceptors (Lipinski definition) is 4. The first-order valence-corrected chi connectivity index (χ1v) is 10.1. The van der Waals surface area contributed by atoms with Crippen LogP contribution in [0.1, 0.15) is 18.4 Å². The molecule has 2 aromatic rings. The second-order valence-electron chi connectivity index (χ2n) is 7.27. The predicted octanol–water partition coefficient (Wildman–Crippen LogP) is 2.80. The summed E-state index contributed by atoms with van der Waals surface area (Å²) in [7, 11) is 1.61. The smallest absolute Gasteiger partial charge is 0.238 e. The topological polar surface area (TPSA) is 61.9 Å². The number of amides is 2. The first kappa shape index (κ1) is 20.9. The van der Waals surface area contributed by atoms with E-state index in [0.29, 0.717) is 26.1 Å². The Morgan fingerprint density at radius 3 is 2.31 bits per heavy atom. The number of carbonyl (C=O) groups is 2. The fourth-order valence-electron chi connectivity index (χ4n) is 3.48. The third-order valence-corrected chi connectivity index (χ3v) is 5.16. The number of ether oxygens (including phenoxy) is 1. The lowest BCUT2D eigenvalue weighted by Gasteiger charge is -2.34. The number of methoxy groups -OCH3 is 1. The Balaban J connectivity index is 1.34. The lowest BCUT2D eigenvalue weighted by Crippen LogP contribution is -2.50. The molecule has 0 bridgehead atoms. The number of aryl methyl sites for hydroxylation is 1. The normalized spacial score (nSPS) is 14.4. The minimum Gasteiger partial charge on any atom is -0.497 e. The van der Waals surface area contributed by atoms with Gasteiger partial charge in [0.1, 0.15) is 5.75 Å². The van der Waals surface area contributed by atoms with Crippen molar-refractivity contribution in [2.45, 2.75) is 19.3 Å². The minimum atomic E-state index is -0.0437. The van der Waals surface area contributed by atoms with Gasteiger partial charge >= 0.3 is 0 Å². The Morgan fingerprint density at radius 2 is 1.66 bits per heavy atom. The molecular weight excluding hydrogens is 366 g/mol. The summed E-state index contributed by atoms with van der Waals surface area (Å²) in [5.74, 6) is 0.925. The average molecular weight is 396 g/mol. The number of benzene rings is 2. The van der Waals surface area contributed by atoms with Crippen molar-refractivity contribution in [1.82, 2.24) is 9.80 Å². The van der Waals surface area contributed by atoms with E-state index in [1.807, 2.05) is 47.4 Å². The Kier molecular flexibility index (Phi) is 7.64. The molecule has 1 saturated heterocycles. The number of rotatable bonds is 8. The zero-order chi connectivity index (χ0) is 20.5. The molecule has 0 atom stereocenters. The molecule has 3 rings (SSSR count). The summed E-state index contributed by atoms with van der Waals surface area (Å²) in [6.45, 7) is 3.14. The van der Waals surface area contributed by atoms with Crippen molar-refractivity contribution < 1.29 is 14.3 Å². The number of carbonyl (C=O) groups excluding carboxylic acids is 2. The third kappa shape index (κ3) is 6.61. The summed E-state index contributed by atoms with van der Waals surface area (Å²) in [6, 6.07) is 17.5. The molecule has 2 amide bonds. The maximum absolute atomic E-state index is 12.4. The first-order chi connectivity index (χ1) is 14.1. The molecular formula is C23H29N3O3. The standard InChI is InChI=1S/C23H29N3O3/c1-29-21-12-10-20(11-13-21)24-22(27)18-25-14-16-26(17-15-25)23(28)9-5-8-19-6-3-2-4-7-19/h2-4,6-7,10-13H,5,8-9,14-18H2,1H3,(H,24,27). The Bertz CT molecular complexity index is 785. The van der Waals surface area contributed by atoms with Gasteiger partial charge in [0.15, 0.2) is 0 Å². The monoisotopic (exact) mass is 395 g/mol. The van der Waals surface area contributed by atoms with Gasteiger partial charge in [-0.2, -0.15) is 0 Å². The van der Waals surface area contributed by atoms with Crippen LogP contribution in [0, 0.1) is 0 Å². The van der Waals surface area contributed by atoms with E-state index >= 15 is 0 Å². The van der Waals surface area contributed by atoms with Gasteiger partial charge in [-0.15, -0.1) is 0 Å². The molecule has 1 aliphatic rings. The van der Waals surface area contributed by atoms with E-state index in [4.69, 9.17) is 4.74 Å². The number of anilines is 1. The van der Waals surface area contributed by atoms with Crippen LogP contribution in [0.5, 0.6) is 5.75 Å². The highest BCUT2D eigenvalue weighted by Gasteiger charge is 2.22. The van der Waals surface area contributed by atoms with E-state index in [9.17, 15) is 9.59 Å². The number of nitrogens with one attached hydrogen (secondary N) is 1. The second-order valence-corrected chi connectivity index (χ2v) is 7.27. The van der Waals surface area contributed by atoms with Crippen LogP contribution in [-0.2, 0) is 16.0 Å². The Labute approximate surface area is 172 Å². The molecule has 0 aromatic heterocycles. The lowest BCUT2D eigenvalue weighted by molar-refractivity contribution is -0.133. The predicted molar refractivity (Wildman–Crippen MR) is 114 cm³/mol. The summed E-state index contributed by atoms with van der Waals surface area (Å²) >= 11 is 0. The SMILES string of the molecule is COc1ccc(NC(=O)CN2CCN(C(=O)CCCc3ccccc3)CC2)cc1. The average Bonchev–Trinajstić information content (AvgIpc) is 2.75. The van der Waals surface area contributed by atoms with Crippen LogP contribution in [0.2, 0.25) is 0 Å². The van der Waals surface area contributed by atoms with Gasteiger partial charge in [0, 0.05) is 38.3 Å². The van der Waals surface area contributed by atoms with Crippen molar-refractivity contribution in [1.29, 1.82) is 0 Å².